The molecule has 1 aromatic rings. The summed E-state index contributed by atoms with van der Waals surface area (Å²) in [5, 5.41) is 6.31. The summed E-state index contributed by atoms with van der Waals surface area (Å²) in [6.07, 6.45) is 0.343. The zero-order valence-electron chi connectivity index (χ0n) is 10.7. The third-order valence-electron chi connectivity index (χ3n) is 3.20. The topological polar surface area (TPSA) is 56.2 Å². The van der Waals surface area contributed by atoms with Crippen LogP contribution in [-0.4, -0.2) is 35.4 Å². The molecule has 2 rings (SSSR count). The number of hydrogen-bond acceptors (Lipinski definition) is 3. The van der Waals surface area contributed by atoms with Crippen LogP contribution in [0.5, 0.6) is 0 Å². The Bertz CT molecular complexity index is 442. The molecule has 0 aromatic carbocycles. The largest absolute Gasteiger partial charge is 0.381 e. The van der Waals surface area contributed by atoms with Crippen molar-refractivity contribution in [3.05, 3.63) is 17.5 Å². The van der Waals surface area contributed by atoms with Crippen molar-refractivity contribution < 1.29 is 18.3 Å². The maximum absolute atomic E-state index is 12.7. The van der Waals surface area contributed by atoms with Gasteiger partial charge in [-0.1, -0.05) is 0 Å². The predicted molar refractivity (Wildman–Crippen MR) is 64.0 cm³/mol. The summed E-state index contributed by atoms with van der Waals surface area (Å²) in [6, 6.07) is 0. The molecule has 0 spiro atoms. The molecule has 1 aromatic heterocycles. The van der Waals surface area contributed by atoms with Gasteiger partial charge in [-0.15, -0.1) is 0 Å². The molecular formula is C12H17F2N3O2. The second kappa shape index (κ2) is 6.10. The first-order valence-corrected chi connectivity index (χ1v) is 6.25. The van der Waals surface area contributed by atoms with E-state index in [4.69, 9.17) is 4.74 Å². The quantitative estimate of drug-likeness (QED) is 0.904. The van der Waals surface area contributed by atoms with Crippen LogP contribution in [0.25, 0.3) is 0 Å². The van der Waals surface area contributed by atoms with Crippen LogP contribution < -0.4 is 5.32 Å². The van der Waals surface area contributed by atoms with Crippen LogP contribution >= 0.6 is 0 Å². The van der Waals surface area contributed by atoms with Crippen molar-refractivity contribution in [1.29, 1.82) is 0 Å². The normalized spacial score (nSPS) is 16.8. The second-order valence-electron chi connectivity index (χ2n) is 4.67. The molecule has 1 N–H and O–H groups in total. The van der Waals surface area contributed by atoms with Gasteiger partial charge in [0.05, 0.1) is 5.56 Å². The van der Waals surface area contributed by atoms with Gasteiger partial charge in [0.1, 0.15) is 5.69 Å². The van der Waals surface area contributed by atoms with Crippen LogP contribution in [0.1, 0.15) is 35.3 Å². The summed E-state index contributed by atoms with van der Waals surface area (Å²) in [6.45, 7) is 1.87. The molecule has 1 amide bonds. The van der Waals surface area contributed by atoms with E-state index in [1.807, 2.05) is 0 Å². The van der Waals surface area contributed by atoms with Crippen molar-refractivity contribution in [2.45, 2.75) is 19.3 Å². The third kappa shape index (κ3) is 3.50. The molecule has 0 saturated carbocycles. The number of hydrogen-bond donors (Lipinski definition) is 1. The summed E-state index contributed by atoms with van der Waals surface area (Å²) in [4.78, 5) is 11.9. The van der Waals surface area contributed by atoms with Crippen molar-refractivity contribution >= 4 is 5.91 Å². The second-order valence-corrected chi connectivity index (χ2v) is 4.67. The van der Waals surface area contributed by atoms with Gasteiger partial charge in [0.2, 0.25) is 0 Å². The van der Waals surface area contributed by atoms with Gasteiger partial charge in [-0.2, -0.15) is 5.10 Å². The number of nitrogens with zero attached hydrogens (tertiary/aromatic N) is 2. The van der Waals surface area contributed by atoms with Crippen molar-refractivity contribution in [2.75, 3.05) is 19.8 Å². The van der Waals surface area contributed by atoms with Crippen molar-refractivity contribution in [3.63, 3.8) is 0 Å². The van der Waals surface area contributed by atoms with Gasteiger partial charge in [0, 0.05) is 33.0 Å². The van der Waals surface area contributed by atoms with Crippen LogP contribution in [0.2, 0.25) is 0 Å². The van der Waals surface area contributed by atoms with E-state index in [1.165, 1.54) is 17.9 Å². The van der Waals surface area contributed by atoms with E-state index in [-0.39, 0.29) is 5.56 Å². The molecule has 7 heteroatoms. The highest BCUT2D eigenvalue weighted by Gasteiger charge is 2.23. The Balaban J connectivity index is 1.95. The van der Waals surface area contributed by atoms with E-state index >= 15 is 0 Å². The molecule has 0 unspecified atom stereocenters. The van der Waals surface area contributed by atoms with Crippen LogP contribution in [-0.2, 0) is 11.8 Å². The SMILES string of the molecule is Cn1cc(C(=O)NCC2CCOCC2)c(C(F)F)n1. The number of halogens is 2. The molecule has 0 atom stereocenters. The number of ether oxygens (including phenoxy) is 1. The van der Waals surface area contributed by atoms with Gasteiger partial charge in [0.25, 0.3) is 12.3 Å². The van der Waals surface area contributed by atoms with E-state index in [2.05, 4.69) is 10.4 Å². The van der Waals surface area contributed by atoms with E-state index < -0.39 is 18.0 Å². The molecule has 5 nitrogen and oxygen atoms in total. The highest BCUT2D eigenvalue weighted by molar-refractivity contribution is 5.95. The zero-order chi connectivity index (χ0) is 13.8. The highest BCUT2D eigenvalue weighted by Crippen LogP contribution is 2.21. The molecule has 1 saturated heterocycles. The van der Waals surface area contributed by atoms with Crippen molar-refractivity contribution in [3.8, 4) is 0 Å². The summed E-state index contributed by atoms with van der Waals surface area (Å²) in [5.74, 6) is -0.140. The average Bonchev–Trinajstić information content (AvgIpc) is 2.79. The molecule has 1 fully saturated rings. The van der Waals surface area contributed by atoms with Crippen LogP contribution in [0, 0.1) is 5.92 Å². The smallest absolute Gasteiger partial charge is 0.282 e. The number of nitrogens with one attached hydrogen (secondary N) is 1. The van der Waals surface area contributed by atoms with Crippen molar-refractivity contribution in [2.24, 2.45) is 13.0 Å². The lowest BCUT2D eigenvalue weighted by Crippen LogP contribution is -2.32. The molecule has 106 valence electrons. The fraction of sp³-hybridized carbons (Fsp3) is 0.667. The number of amides is 1. The van der Waals surface area contributed by atoms with Gasteiger partial charge < -0.3 is 10.1 Å². The summed E-state index contributed by atoms with van der Waals surface area (Å²) in [5.41, 5.74) is -0.517. The van der Waals surface area contributed by atoms with Gasteiger partial charge in [0.15, 0.2) is 0 Å². The van der Waals surface area contributed by atoms with Crippen LogP contribution in [0.4, 0.5) is 8.78 Å². The van der Waals surface area contributed by atoms with Gasteiger partial charge >= 0.3 is 0 Å². The fourth-order valence-electron chi connectivity index (χ4n) is 2.12. The standard InChI is InChI=1S/C12H17F2N3O2/c1-17-7-9(10(16-17)11(13)14)12(18)15-6-8-2-4-19-5-3-8/h7-8,11H,2-6H2,1H3,(H,15,18). The van der Waals surface area contributed by atoms with Crippen LogP contribution in [0.3, 0.4) is 0 Å². The minimum Gasteiger partial charge on any atom is -0.381 e. The van der Waals surface area contributed by atoms with E-state index in [0.29, 0.717) is 25.7 Å². The fourth-order valence-corrected chi connectivity index (χ4v) is 2.12. The molecule has 0 radical (unpaired) electrons. The Hall–Kier alpha value is -1.50. The first-order chi connectivity index (χ1) is 9.08. The third-order valence-corrected chi connectivity index (χ3v) is 3.20. The van der Waals surface area contributed by atoms with Gasteiger partial charge in [-0.25, -0.2) is 8.78 Å². The molecule has 2 heterocycles. The Morgan fingerprint density at radius 3 is 2.89 bits per heavy atom. The average molecular weight is 273 g/mol. The molecular weight excluding hydrogens is 256 g/mol. The van der Waals surface area contributed by atoms with Crippen LogP contribution in [0.15, 0.2) is 6.20 Å². The first kappa shape index (κ1) is 13.9. The predicted octanol–water partition coefficient (Wildman–Crippen LogP) is 1.51. The Morgan fingerprint density at radius 1 is 1.58 bits per heavy atom. The monoisotopic (exact) mass is 273 g/mol. The van der Waals surface area contributed by atoms with E-state index in [9.17, 15) is 13.6 Å². The number of alkyl halides is 2. The number of rotatable bonds is 4. The Labute approximate surface area is 109 Å². The van der Waals surface area contributed by atoms with Gasteiger partial charge in [-0.05, 0) is 18.8 Å². The lowest BCUT2D eigenvalue weighted by molar-refractivity contribution is 0.0641. The summed E-state index contributed by atoms with van der Waals surface area (Å²) in [7, 11) is 1.52. The summed E-state index contributed by atoms with van der Waals surface area (Å²) < 4.78 is 31.9. The minimum absolute atomic E-state index is 0.0513. The molecule has 0 aliphatic carbocycles. The zero-order valence-corrected chi connectivity index (χ0v) is 10.7. The number of aryl methyl sites for hydroxylation is 1. The summed E-state index contributed by atoms with van der Waals surface area (Å²) >= 11 is 0. The first-order valence-electron chi connectivity index (χ1n) is 6.25. The van der Waals surface area contributed by atoms with Gasteiger partial charge in [-0.3, -0.25) is 9.48 Å². The maximum atomic E-state index is 12.7. The minimum atomic E-state index is -2.75. The van der Waals surface area contributed by atoms with E-state index in [0.717, 1.165) is 12.8 Å². The number of carbonyl (C=O) groups excluding carboxylic acids is 1. The van der Waals surface area contributed by atoms with E-state index in [1.54, 1.807) is 0 Å². The molecule has 1 aliphatic heterocycles. The molecule has 0 bridgehead atoms. The highest BCUT2D eigenvalue weighted by atomic mass is 19.3. The lowest BCUT2D eigenvalue weighted by atomic mass is 10.0. The number of carbonyl (C=O) groups is 1. The molecule has 1 aliphatic rings. The lowest BCUT2D eigenvalue weighted by Gasteiger charge is -2.22. The maximum Gasteiger partial charge on any atom is 0.282 e. The van der Waals surface area contributed by atoms with Crippen molar-refractivity contribution in [1.82, 2.24) is 15.1 Å². The molecule has 19 heavy (non-hydrogen) atoms. The Kier molecular flexibility index (Phi) is 4.47. The Morgan fingerprint density at radius 2 is 2.26 bits per heavy atom. The number of aromatic nitrogens is 2.